The van der Waals surface area contributed by atoms with Gasteiger partial charge in [0.15, 0.2) is 0 Å². The number of rotatable bonds is 2. The molecule has 0 aromatic heterocycles. The molecular formula is C11H12BrNO3. The average Bonchev–Trinajstić information content (AvgIpc) is 2.70. The van der Waals surface area contributed by atoms with Gasteiger partial charge in [0, 0.05) is 22.6 Å². The predicted molar refractivity (Wildman–Crippen MR) is 62.3 cm³/mol. The Balaban J connectivity index is 2.20. The fraction of sp³-hybridized carbons (Fsp3) is 0.364. The van der Waals surface area contributed by atoms with E-state index in [-0.39, 0.29) is 17.7 Å². The number of phenols is 1. The molecule has 5 heteroatoms. The number of carboxylic acids is 1. The normalized spacial score (nSPS) is 24.6. The van der Waals surface area contributed by atoms with E-state index in [0.717, 1.165) is 10.0 Å². The highest BCUT2D eigenvalue weighted by atomic mass is 79.9. The van der Waals surface area contributed by atoms with Gasteiger partial charge in [0.1, 0.15) is 5.75 Å². The van der Waals surface area contributed by atoms with Gasteiger partial charge in [0.05, 0.1) is 5.92 Å². The molecule has 0 aliphatic carbocycles. The molecule has 0 spiro atoms. The van der Waals surface area contributed by atoms with Crippen LogP contribution in [0.25, 0.3) is 0 Å². The number of phenolic OH excluding ortho intramolecular Hbond substituents is 1. The second kappa shape index (κ2) is 4.43. The van der Waals surface area contributed by atoms with Gasteiger partial charge < -0.3 is 15.5 Å². The van der Waals surface area contributed by atoms with Gasteiger partial charge in [-0.25, -0.2) is 0 Å². The second-order valence-corrected chi connectivity index (χ2v) is 4.85. The van der Waals surface area contributed by atoms with E-state index in [2.05, 4.69) is 21.2 Å². The molecule has 0 radical (unpaired) electrons. The van der Waals surface area contributed by atoms with Crippen molar-refractivity contribution in [2.75, 3.05) is 6.54 Å². The van der Waals surface area contributed by atoms with Crippen LogP contribution in [0.1, 0.15) is 18.0 Å². The van der Waals surface area contributed by atoms with E-state index >= 15 is 0 Å². The van der Waals surface area contributed by atoms with E-state index in [4.69, 9.17) is 5.11 Å². The van der Waals surface area contributed by atoms with E-state index < -0.39 is 5.97 Å². The lowest BCUT2D eigenvalue weighted by atomic mass is 9.99. The average molecular weight is 286 g/mol. The van der Waals surface area contributed by atoms with Crippen molar-refractivity contribution in [3.63, 3.8) is 0 Å². The predicted octanol–water partition coefficient (Wildman–Crippen LogP) is 1.89. The maximum atomic E-state index is 10.8. The minimum Gasteiger partial charge on any atom is -0.508 e. The molecule has 1 heterocycles. The molecule has 2 rings (SSSR count). The molecule has 86 valence electrons. The Labute approximate surface area is 101 Å². The molecule has 2 atom stereocenters. The van der Waals surface area contributed by atoms with Gasteiger partial charge in [-0.05, 0) is 24.6 Å². The molecule has 1 aromatic carbocycles. The molecule has 0 bridgehead atoms. The third-order valence-corrected chi connectivity index (χ3v) is 3.34. The largest absolute Gasteiger partial charge is 0.508 e. The third kappa shape index (κ3) is 2.20. The Bertz CT molecular complexity index is 422. The smallest absolute Gasteiger partial charge is 0.307 e. The van der Waals surface area contributed by atoms with Crippen LogP contribution in [0.5, 0.6) is 5.75 Å². The molecule has 0 amide bonds. The quantitative estimate of drug-likeness (QED) is 0.776. The summed E-state index contributed by atoms with van der Waals surface area (Å²) in [5.74, 6) is -0.959. The second-order valence-electron chi connectivity index (χ2n) is 3.93. The zero-order valence-electron chi connectivity index (χ0n) is 8.48. The lowest BCUT2D eigenvalue weighted by Gasteiger charge is -2.12. The Hall–Kier alpha value is -1.07. The first kappa shape index (κ1) is 11.4. The highest BCUT2D eigenvalue weighted by molar-refractivity contribution is 9.10. The van der Waals surface area contributed by atoms with Gasteiger partial charge in [-0.2, -0.15) is 0 Å². The number of benzene rings is 1. The topological polar surface area (TPSA) is 69.6 Å². The van der Waals surface area contributed by atoms with Crippen LogP contribution >= 0.6 is 15.9 Å². The van der Waals surface area contributed by atoms with Crippen molar-refractivity contribution >= 4 is 21.9 Å². The molecule has 0 saturated carbocycles. The minimum atomic E-state index is -0.788. The lowest BCUT2D eigenvalue weighted by Crippen LogP contribution is -2.17. The zero-order chi connectivity index (χ0) is 11.7. The van der Waals surface area contributed by atoms with Gasteiger partial charge >= 0.3 is 5.97 Å². The van der Waals surface area contributed by atoms with E-state index in [9.17, 15) is 9.90 Å². The van der Waals surface area contributed by atoms with Gasteiger partial charge in [0.25, 0.3) is 0 Å². The summed E-state index contributed by atoms with van der Waals surface area (Å²) in [6, 6.07) is 5.09. The summed E-state index contributed by atoms with van der Waals surface area (Å²) in [6.45, 7) is 0.450. The highest BCUT2D eigenvalue weighted by Gasteiger charge is 2.31. The first-order chi connectivity index (χ1) is 7.58. The monoisotopic (exact) mass is 285 g/mol. The molecule has 1 fully saturated rings. The van der Waals surface area contributed by atoms with Crippen molar-refractivity contribution in [2.45, 2.75) is 12.5 Å². The summed E-state index contributed by atoms with van der Waals surface area (Å²) in [5.41, 5.74) is 0.748. The first-order valence-electron chi connectivity index (χ1n) is 5.02. The van der Waals surface area contributed by atoms with Crippen LogP contribution in [0.3, 0.4) is 0 Å². The maximum Gasteiger partial charge on any atom is 0.307 e. The molecule has 1 aliphatic rings. The fourth-order valence-corrected chi connectivity index (χ4v) is 2.34. The number of carboxylic acid groups (broad SMARTS) is 1. The SMILES string of the molecule is O=C(O)C1CNC(c2cc(Br)ccc2O)C1. The van der Waals surface area contributed by atoms with Crippen LogP contribution in [-0.4, -0.2) is 22.7 Å². The number of halogens is 1. The first-order valence-corrected chi connectivity index (χ1v) is 5.82. The highest BCUT2D eigenvalue weighted by Crippen LogP contribution is 2.34. The van der Waals surface area contributed by atoms with E-state index in [1.807, 2.05) is 6.07 Å². The Morgan fingerprint density at radius 2 is 2.25 bits per heavy atom. The Morgan fingerprint density at radius 3 is 2.88 bits per heavy atom. The van der Waals surface area contributed by atoms with Gasteiger partial charge in [-0.15, -0.1) is 0 Å². The van der Waals surface area contributed by atoms with Crippen molar-refractivity contribution < 1.29 is 15.0 Å². The molecule has 16 heavy (non-hydrogen) atoms. The summed E-state index contributed by atoms with van der Waals surface area (Å²) < 4.78 is 0.876. The van der Waals surface area contributed by atoms with Crippen LogP contribution in [0.2, 0.25) is 0 Å². The number of nitrogens with one attached hydrogen (secondary N) is 1. The number of hydrogen-bond donors (Lipinski definition) is 3. The standard InChI is InChI=1S/C11H12BrNO3/c12-7-1-2-10(14)8(4-7)9-3-6(5-13-9)11(15)16/h1-2,4,6,9,13-14H,3,5H2,(H,15,16). The number of aliphatic carboxylic acids is 1. The van der Waals surface area contributed by atoms with Crippen LogP contribution in [0, 0.1) is 5.92 Å². The number of carbonyl (C=O) groups is 1. The molecule has 2 unspecified atom stereocenters. The minimum absolute atomic E-state index is 0.0846. The van der Waals surface area contributed by atoms with Gasteiger partial charge in [-0.1, -0.05) is 15.9 Å². The molecule has 3 N–H and O–H groups in total. The van der Waals surface area contributed by atoms with Crippen molar-refractivity contribution in [1.29, 1.82) is 0 Å². The van der Waals surface area contributed by atoms with Crippen LogP contribution in [-0.2, 0) is 4.79 Å². The van der Waals surface area contributed by atoms with E-state index in [1.165, 1.54) is 0 Å². The summed E-state index contributed by atoms with van der Waals surface area (Å²) in [5, 5.41) is 21.7. The molecule has 4 nitrogen and oxygen atoms in total. The molecular weight excluding hydrogens is 274 g/mol. The summed E-state index contributed by atoms with van der Waals surface area (Å²) in [7, 11) is 0. The summed E-state index contributed by atoms with van der Waals surface area (Å²) in [4.78, 5) is 10.8. The lowest BCUT2D eigenvalue weighted by molar-refractivity contribution is -0.141. The molecule has 1 aliphatic heterocycles. The number of hydrogen-bond acceptors (Lipinski definition) is 3. The summed E-state index contributed by atoms with van der Waals surface area (Å²) >= 11 is 3.33. The van der Waals surface area contributed by atoms with Crippen molar-refractivity contribution in [2.24, 2.45) is 5.92 Å². The maximum absolute atomic E-state index is 10.8. The zero-order valence-corrected chi connectivity index (χ0v) is 10.1. The van der Waals surface area contributed by atoms with Crippen molar-refractivity contribution in [1.82, 2.24) is 5.32 Å². The van der Waals surface area contributed by atoms with Crippen molar-refractivity contribution in [3.8, 4) is 5.75 Å². The Kier molecular flexibility index (Phi) is 3.16. The van der Waals surface area contributed by atoms with Crippen LogP contribution < -0.4 is 5.32 Å². The van der Waals surface area contributed by atoms with Crippen LogP contribution in [0.4, 0.5) is 0 Å². The van der Waals surface area contributed by atoms with E-state index in [0.29, 0.717) is 13.0 Å². The summed E-state index contributed by atoms with van der Waals surface area (Å²) in [6.07, 6.45) is 0.513. The van der Waals surface area contributed by atoms with Crippen LogP contribution in [0.15, 0.2) is 22.7 Å². The van der Waals surface area contributed by atoms with Gasteiger partial charge in [0.2, 0.25) is 0 Å². The van der Waals surface area contributed by atoms with E-state index in [1.54, 1.807) is 12.1 Å². The van der Waals surface area contributed by atoms with Crippen molar-refractivity contribution in [3.05, 3.63) is 28.2 Å². The molecule has 1 saturated heterocycles. The third-order valence-electron chi connectivity index (χ3n) is 2.85. The Morgan fingerprint density at radius 1 is 1.50 bits per heavy atom. The van der Waals surface area contributed by atoms with Gasteiger partial charge in [-0.3, -0.25) is 4.79 Å². The number of aromatic hydroxyl groups is 1. The fourth-order valence-electron chi connectivity index (χ4n) is 1.97. The molecule has 1 aromatic rings.